The number of hydrogen-bond acceptors (Lipinski definition) is 3. The fraction of sp³-hybridized carbons (Fsp3) is 0.611. The van der Waals surface area contributed by atoms with Gasteiger partial charge in [-0.05, 0) is 38.3 Å². The maximum Gasteiger partial charge on any atom is 0.193 e. The summed E-state index contributed by atoms with van der Waals surface area (Å²) in [5.74, 6) is 0.970. The predicted molar refractivity (Wildman–Crippen MR) is 121 cm³/mol. The summed E-state index contributed by atoms with van der Waals surface area (Å²) >= 11 is 3.67. The molecule has 2 aliphatic rings. The molecule has 1 saturated carbocycles. The molecule has 1 aliphatic heterocycles. The lowest BCUT2D eigenvalue weighted by molar-refractivity contribution is 0.352. The van der Waals surface area contributed by atoms with Gasteiger partial charge in [-0.3, -0.25) is 4.99 Å². The van der Waals surface area contributed by atoms with Crippen LogP contribution in [-0.4, -0.2) is 56.5 Å². The van der Waals surface area contributed by atoms with Crippen LogP contribution >= 0.6 is 39.9 Å². The van der Waals surface area contributed by atoms with Crippen molar-refractivity contribution in [1.29, 1.82) is 0 Å². The van der Waals surface area contributed by atoms with E-state index < -0.39 is 14.6 Å². The van der Waals surface area contributed by atoms with Crippen molar-refractivity contribution in [1.82, 2.24) is 10.2 Å². The predicted octanol–water partition coefficient (Wildman–Crippen LogP) is 3.18. The SMILES string of the molecule is CN=C(NCC1(c2ccccc2Br)CC1)N1CCS(=O)(=O)C(C)(C)C1.I. The first kappa shape index (κ1) is 21.9. The van der Waals surface area contributed by atoms with Gasteiger partial charge in [-0.1, -0.05) is 34.1 Å². The Bertz CT molecular complexity index is 791. The quantitative estimate of drug-likeness (QED) is 0.353. The van der Waals surface area contributed by atoms with Gasteiger partial charge in [-0.2, -0.15) is 0 Å². The number of nitrogens with zero attached hydrogens (tertiary/aromatic N) is 2. The molecular weight excluding hydrogens is 529 g/mol. The van der Waals surface area contributed by atoms with Crippen LogP contribution in [0, 0.1) is 0 Å². The van der Waals surface area contributed by atoms with Crippen LogP contribution in [0.25, 0.3) is 0 Å². The number of aliphatic imine (C=N–C) groups is 1. The molecule has 146 valence electrons. The second-order valence-electron chi connectivity index (χ2n) is 7.66. The molecule has 1 aromatic carbocycles. The minimum absolute atomic E-state index is 0. The molecular formula is C18H27BrIN3O2S. The van der Waals surface area contributed by atoms with E-state index in [0.717, 1.165) is 29.8 Å². The fourth-order valence-electron chi connectivity index (χ4n) is 3.49. The van der Waals surface area contributed by atoms with E-state index in [2.05, 4.69) is 49.3 Å². The first-order valence-corrected chi connectivity index (χ1v) is 11.1. The molecule has 2 fully saturated rings. The summed E-state index contributed by atoms with van der Waals surface area (Å²) in [5.41, 5.74) is 1.48. The van der Waals surface area contributed by atoms with Crippen molar-refractivity contribution < 1.29 is 8.42 Å². The third-order valence-corrected chi connectivity index (χ3v) is 8.66. The van der Waals surface area contributed by atoms with Gasteiger partial charge in [0.2, 0.25) is 0 Å². The van der Waals surface area contributed by atoms with Gasteiger partial charge in [0, 0.05) is 36.6 Å². The standard InChI is InChI=1S/C18H26BrN3O2S.HI/c1-17(2)13-22(10-11-25(17,23)24)16(20-3)21-12-18(8-9-18)14-6-4-5-7-15(14)19;/h4-7H,8-13H2,1-3H3,(H,20,21);1H. The fourth-order valence-corrected chi connectivity index (χ4v) is 5.56. The molecule has 8 heteroatoms. The van der Waals surface area contributed by atoms with Gasteiger partial charge in [0.05, 0.1) is 10.5 Å². The maximum atomic E-state index is 12.2. The summed E-state index contributed by atoms with van der Waals surface area (Å²) in [5, 5.41) is 3.49. The summed E-state index contributed by atoms with van der Waals surface area (Å²) in [6.07, 6.45) is 2.30. The first-order valence-electron chi connectivity index (χ1n) is 8.64. The van der Waals surface area contributed by atoms with Crippen molar-refractivity contribution in [2.24, 2.45) is 4.99 Å². The monoisotopic (exact) mass is 555 g/mol. The van der Waals surface area contributed by atoms with Crippen LogP contribution in [0.15, 0.2) is 33.7 Å². The average molecular weight is 556 g/mol. The highest BCUT2D eigenvalue weighted by molar-refractivity contribution is 14.0. The van der Waals surface area contributed by atoms with Gasteiger partial charge in [-0.15, -0.1) is 24.0 Å². The Kier molecular flexibility index (Phi) is 6.71. The van der Waals surface area contributed by atoms with Crippen molar-refractivity contribution in [2.75, 3.05) is 32.4 Å². The summed E-state index contributed by atoms with van der Waals surface area (Å²) < 4.78 is 24.8. The third-order valence-electron chi connectivity index (χ3n) is 5.44. The van der Waals surface area contributed by atoms with Crippen LogP contribution < -0.4 is 5.32 Å². The Hall–Kier alpha value is -0.350. The summed E-state index contributed by atoms with van der Waals surface area (Å²) in [4.78, 5) is 6.46. The molecule has 26 heavy (non-hydrogen) atoms. The maximum absolute atomic E-state index is 12.2. The highest BCUT2D eigenvalue weighted by Gasteiger charge is 2.46. The minimum atomic E-state index is -3.05. The number of guanidine groups is 1. The molecule has 1 saturated heterocycles. The molecule has 5 nitrogen and oxygen atoms in total. The largest absolute Gasteiger partial charge is 0.355 e. The van der Waals surface area contributed by atoms with E-state index in [0.29, 0.717) is 13.1 Å². The molecule has 0 bridgehead atoms. The zero-order valence-electron chi connectivity index (χ0n) is 15.5. The second kappa shape index (κ2) is 7.95. The van der Waals surface area contributed by atoms with Gasteiger partial charge >= 0.3 is 0 Å². The lowest BCUT2D eigenvalue weighted by Crippen LogP contribution is -2.57. The zero-order valence-corrected chi connectivity index (χ0v) is 20.2. The number of benzene rings is 1. The van der Waals surface area contributed by atoms with Crippen LogP contribution in [0.4, 0.5) is 0 Å². The topological polar surface area (TPSA) is 61.8 Å². The van der Waals surface area contributed by atoms with Crippen LogP contribution in [0.1, 0.15) is 32.3 Å². The number of halogens is 2. The van der Waals surface area contributed by atoms with Crippen LogP contribution in [0.5, 0.6) is 0 Å². The highest BCUT2D eigenvalue weighted by atomic mass is 127. The molecule has 1 heterocycles. The second-order valence-corrected chi connectivity index (χ2v) is 11.3. The van der Waals surface area contributed by atoms with E-state index >= 15 is 0 Å². The Morgan fingerprint density at radius 3 is 2.50 bits per heavy atom. The molecule has 1 N–H and O–H groups in total. The first-order chi connectivity index (χ1) is 11.7. The summed E-state index contributed by atoms with van der Waals surface area (Å²) in [6, 6.07) is 8.37. The van der Waals surface area contributed by atoms with E-state index in [1.54, 1.807) is 20.9 Å². The molecule has 0 amide bonds. The van der Waals surface area contributed by atoms with Gasteiger partial charge in [0.1, 0.15) is 0 Å². The van der Waals surface area contributed by atoms with E-state index in [4.69, 9.17) is 0 Å². The Balaban J connectivity index is 0.00000243. The van der Waals surface area contributed by atoms with Crippen LogP contribution in [0.3, 0.4) is 0 Å². The van der Waals surface area contributed by atoms with Crippen molar-refractivity contribution in [3.05, 3.63) is 34.3 Å². The lowest BCUT2D eigenvalue weighted by atomic mass is 9.96. The number of nitrogens with one attached hydrogen (secondary N) is 1. The smallest absolute Gasteiger partial charge is 0.193 e. The Morgan fingerprint density at radius 1 is 1.31 bits per heavy atom. The highest BCUT2D eigenvalue weighted by Crippen LogP contribution is 2.49. The lowest BCUT2D eigenvalue weighted by Gasteiger charge is -2.39. The molecule has 0 aromatic heterocycles. The minimum Gasteiger partial charge on any atom is -0.355 e. The molecule has 0 spiro atoms. The molecule has 0 atom stereocenters. The zero-order chi connectivity index (χ0) is 18.3. The van der Waals surface area contributed by atoms with Crippen molar-refractivity contribution >= 4 is 55.7 Å². The Morgan fingerprint density at radius 2 is 1.96 bits per heavy atom. The van der Waals surface area contributed by atoms with Crippen molar-refractivity contribution in [3.63, 3.8) is 0 Å². The normalized spacial score (nSPS) is 23.1. The van der Waals surface area contributed by atoms with E-state index in [9.17, 15) is 8.42 Å². The molecule has 0 unspecified atom stereocenters. The molecule has 0 radical (unpaired) electrons. The van der Waals surface area contributed by atoms with Gasteiger partial charge in [-0.25, -0.2) is 8.42 Å². The van der Waals surface area contributed by atoms with E-state index in [1.165, 1.54) is 5.56 Å². The molecule has 1 aliphatic carbocycles. The number of sulfone groups is 1. The van der Waals surface area contributed by atoms with Gasteiger partial charge in [0.25, 0.3) is 0 Å². The third kappa shape index (κ3) is 4.22. The molecule has 1 aromatic rings. The summed E-state index contributed by atoms with van der Waals surface area (Å²) in [7, 11) is -1.29. The van der Waals surface area contributed by atoms with E-state index in [1.807, 2.05) is 6.07 Å². The number of rotatable bonds is 3. The van der Waals surface area contributed by atoms with E-state index in [-0.39, 0.29) is 35.1 Å². The van der Waals surface area contributed by atoms with Crippen LogP contribution in [-0.2, 0) is 15.3 Å². The van der Waals surface area contributed by atoms with Crippen molar-refractivity contribution in [3.8, 4) is 0 Å². The van der Waals surface area contributed by atoms with Crippen molar-refractivity contribution in [2.45, 2.75) is 36.9 Å². The summed E-state index contributed by atoms with van der Waals surface area (Å²) in [6.45, 7) is 5.37. The van der Waals surface area contributed by atoms with Gasteiger partial charge in [0.15, 0.2) is 15.8 Å². The Labute approximate surface area is 182 Å². The number of hydrogen-bond donors (Lipinski definition) is 1. The van der Waals surface area contributed by atoms with Crippen LogP contribution in [0.2, 0.25) is 0 Å². The van der Waals surface area contributed by atoms with Gasteiger partial charge < -0.3 is 10.2 Å². The average Bonchev–Trinajstić information content (AvgIpc) is 3.32. The molecule has 3 rings (SSSR count).